The number of ether oxygens (including phenoxy) is 2. The number of nitrogens with one attached hydrogen (secondary N) is 2. The van der Waals surface area contributed by atoms with E-state index in [-0.39, 0.29) is 11.9 Å². The molecule has 2 aromatic heterocycles. The van der Waals surface area contributed by atoms with Gasteiger partial charge in [-0.3, -0.25) is 19.8 Å². The number of rotatable bonds is 5. The number of carbonyl (C=O) groups excluding carboxylic acids is 1. The lowest BCUT2D eigenvalue weighted by Crippen LogP contribution is -2.39. The Balaban J connectivity index is 1.37. The zero-order chi connectivity index (χ0) is 21.0. The number of carbonyl (C=O) groups is 1. The second-order valence-electron chi connectivity index (χ2n) is 8.16. The Labute approximate surface area is 180 Å². The molecule has 2 aliphatic rings. The minimum absolute atomic E-state index is 0.136. The van der Waals surface area contributed by atoms with Crippen molar-refractivity contribution in [1.82, 2.24) is 25.4 Å². The van der Waals surface area contributed by atoms with Crippen LogP contribution in [0.5, 0.6) is 0 Å². The van der Waals surface area contributed by atoms with Crippen molar-refractivity contribution in [2.75, 3.05) is 39.5 Å². The maximum absolute atomic E-state index is 12.8. The van der Waals surface area contributed by atoms with Crippen LogP contribution in [-0.4, -0.2) is 71.5 Å². The number of morpholine rings is 1. The maximum Gasteiger partial charge on any atom is 0.272 e. The molecule has 2 N–H and O–H groups in total. The minimum Gasteiger partial charge on any atom is -0.381 e. The molecule has 0 atom stereocenters. The number of aromatic nitrogens is 3. The number of fused-ring (bicyclic) bond motifs is 1. The number of H-pyrrole nitrogens is 1. The number of pyridine rings is 1. The van der Waals surface area contributed by atoms with Gasteiger partial charge >= 0.3 is 0 Å². The Hall–Kier alpha value is -2.81. The van der Waals surface area contributed by atoms with Gasteiger partial charge in [-0.15, -0.1) is 0 Å². The second-order valence-corrected chi connectivity index (χ2v) is 8.16. The Morgan fingerprint density at radius 2 is 1.87 bits per heavy atom. The van der Waals surface area contributed by atoms with E-state index in [1.165, 1.54) is 5.56 Å². The van der Waals surface area contributed by atoms with Crippen molar-refractivity contribution < 1.29 is 14.3 Å². The third-order valence-electron chi connectivity index (χ3n) is 5.97. The van der Waals surface area contributed by atoms with Gasteiger partial charge in [0, 0.05) is 62.2 Å². The summed E-state index contributed by atoms with van der Waals surface area (Å²) in [6.07, 6.45) is 5.45. The molecule has 2 saturated heterocycles. The van der Waals surface area contributed by atoms with Gasteiger partial charge in [-0.2, -0.15) is 5.10 Å². The molecule has 5 rings (SSSR count). The van der Waals surface area contributed by atoms with Gasteiger partial charge in [0.2, 0.25) is 0 Å². The molecule has 8 nitrogen and oxygen atoms in total. The summed E-state index contributed by atoms with van der Waals surface area (Å²) in [5, 5.41) is 11.2. The lowest BCUT2D eigenvalue weighted by atomic mass is 10.0. The average Bonchev–Trinajstić information content (AvgIpc) is 3.24. The first-order valence-corrected chi connectivity index (χ1v) is 10.9. The highest BCUT2D eigenvalue weighted by atomic mass is 16.5. The third-order valence-corrected chi connectivity index (χ3v) is 5.97. The minimum atomic E-state index is -0.144. The normalized spacial score (nSPS) is 18.3. The van der Waals surface area contributed by atoms with Gasteiger partial charge in [-0.05, 0) is 42.2 Å². The van der Waals surface area contributed by atoms with E-state index in [0.29, 0.717) is 18.9 Å². The van der Waals surface area contributed by atoms with E-state index in [1.54, 1.807) is 0 Å². The van der Waals surface area contributed by atoms with Crippen LogP contribution in [0.4, 0.5) is 0 Å². The molecule has 8 heteroatoms. The van der Waals surface area contributed by atoms with Gasteiger partial charge in [0.05, 0.1) is 18.7 Å². The Morgan fingerprint density at radius 1 is 1.06 bits per heavy atom. The predicted octanol–water partition coefficient (Wildman–Crippen LogP) is 2.37. The molecule has 4 heterocycles. The topological polar surface area (TPSA) is 92.4 Å². The summed E-state index contributed by atoms with van der Waals surface area (Å²) in [5.74, 6) is -0.144. The quantitative estimate of drug-likeness (QED) is 0.657. The van der Waals surface area contributed by atoms with Crippen molar-refractivity contribution >= 4 is 16.8 Å². The zero-order valence-corrected chi connectivity index (χ0v) is 17.5. The summed E-state index contributed by atoms with van der Waals surface area (Å²) in [5.41, 5.74) is 4.50. The summed E-state index contributed by atoms with van der Waals surface area (Å²) in [6.45, 7) is 5.67. The van der Waals surface area contributed by atoms with Crippen molar-refractivity contribution in [3.05, 3.63) is 47.9 Å². The van der Waals surface area contributed by atoms with Crippen LogP contribution < -0.4 is 5.32 Å². The van der Waals surface area contributed by atoms with Crippen LogP contribution in [-0.2, 0) is 16.0 Å². The first kappa shape index (κ1) is 20.1. The molecule has 0 aliphatic carbocycles. The third kappa shape index (κ3) is 4.61. The summed E-state index contributed by atoms with van der Waals surface area (Å²) in [7, 11) is 0. The van der Waals surface area contributed by atoms with E-state index in [0.717, 1.165) is 67.7 Å². The van der Waals surface area contributed by atoms with Crippen LogP contribution in [0.1, 0.15) is 28.9 Å². The number of nitrogens with zero attached hydrogens (tertiary/aromatic N) is 3. The summed E-state index contributed by atoms with van der Waals surface area (Å²) < 4.78 is 10.8. The highest BCUT2D eigenvalue weighted by Crippen LogP contribution is 2.26. The molecule has 1 aromatic carbocycles. The first-order chi connectivity index (χ1) is 15.3. The van der Waals surface area contributed by atoms with Crippen molar-refractivity contribution in [2.45, 2.75) is 25.4 Å². The Morgan fingerprint density at radius 3 is 2.71 bits per heavy atom. The van der Waals surface area contributed by atoms with Gasteiger partial charge in [0.25, 0.3) is 5.91 Å². The van der Waals surface area contributed by atoms with Crippen LogP contribution in [0.25, 0.3) is 22.0 Å². The van der Waals surface area contributed by atoms with Gasteiger partial charge < -0.3 is 14.8 Å². The van der Waals surface area contributed by atoms with Crippen LogP contribution >= 0.6 is 0 Å². The van der Waals surface area contributed by atoms with Crippen LogP contribution in [0.15, 0.2) is 36.7 Å². The summed E-state index contributed by atoms with van der Waals surface area (Å²) >= 11 is 0. The van der Waals surface area contributed by atoms with Crippen LogP contribution in [0.3, 0.4) is 0 Å². The van der Waals surface area contributed by atoms with Crippen molar-refractivity contribution in [3.63, 3.8) is 0 Å². The lowest BCUT2D eigenvalue weighted by molar-refractivity contribution is 0.0341. The molecule has 0 unspecified atom stereocenters. The maximum atomic E-state index is 12.8. The molecule has 1 amide bonds. The molecule has 0 bridgehead atoms. The molecule has 0 radical (unpaired) electrons. The number of amides is 1. The molecular weight excluding hydrogens is 394 g/mol. The number of benzene rings is 1. The lowest BCUT2D eigenvalue weighted by Gasteiger charge is -2.26. The average molecular weight is 422 g/mol. The molecular formula is C23H27N5O3. The standard InChI is InChI=1S/C23H27N5O3/c29-23(25-19-3-7-30-8-4-19)22-20-12-17(1-2-21(20)26-27-22)18-11-16(13-24-14-18)15-28-5-9-31-10-6-28/h1-2,11-14,19H,3-10,15H2,(H,25,29)(H,26,27). The highest BCUT2D eigenvalue weighted by Gasteiger charge is 2.21. The molecule has 31 heavy (non-hydrogen) atoms. The molecule has 2 fully saturated rings. The highest BCUT2D eigenvalue weighted by molar-refractivity contribution is 6.05. The predicted molar refractivity (Wildman–Crippen MR) is 117 cm³/mol. The van der Waals surface area contributed by atoms with Gasteiger partial charge in [0.1, 0.15) is 0 Å². The van der Waals surface area contributed by atoms with E-state index in [4.69, 9.17) is 9.47 Å². The summed E-state index contributed by atoms with van der Waals surface area (Å²) in [6, 6.07) is 8.34. The second kappa shape index (κ2) is 9.13. The summed E-state index contributed by atoms with van der Waals surface area (Å²) in [4.78, 5) is 19.7. The van der Waals surface area contributed by atoms with Crippen LogP contribution in [0.2, 0.25) is 0 Å². The van der Waals surface area contributed by atoms with E-state index in [9.17, 15) is 4.79 Å². The zero-order valence-electron chi connectivity index (χ0n) is 17.5. The van der Waals surface area contributed by atoms with Crippen LogP contribution in [0, 0.1) is 0 Å². The fraction of sp³-hybridized carbons (Fsp3) is 0.435. The fourth-order valence-corrected chi connectivity index (χ4v) is 4.21. The van der Waals surface area contributed by atoms with Gasteiger partial charge in [0.15, 0.2) is 5.69 Å². The van der Waals surface area contributed by atoms with Gasteiger partial charge in [-0.25, -0.2) is 0 Å². The molecule has 162 valence electrons. The number of hydrogen-bond donors (Lipinski definition) is 2. The first-order valence-electron chi connectivity index (χ1n) is 10.9. The molecule has 0 spiro atoms. The number of hydrogen-bond acceptors (Lipinski definition) is 6. The fourth-order valence-electron chi connectivity index (χ4n) is 4.21. The Bertz CT molecular complexity index is 1050. The van der Waals surface area contributed by atoms with E-state index >= 15 is 0 Å². The Kier molecular flexibility index (Phi) is 5.93. The van der Waals surface area contributed by atoms with E-state index in [2.05, 4.69) is 31.5 Å². The number of aromatic amines is 1. The van der Waals surface area contributed by atoms with Crippen molar-refractivity contribution in [1.29, 1.82) is 0 Å². The molecule has 0 saturated carbocycles. The monoisotopic (exact) mass is 421 g/mol. The van der Waals surface area contributed by atoms with Crippen molar-refractivity contribution in [2.24, 2.45) is 0 Å². The van der Waals surface area contributed by atoms with E-state index in [1.807, 2.05) is 30.6 Å². The molecule has 3 aromatic rings. The molecule has 2 aliphatic heterocycles. The largest absolute Gasteiger partial charge is 0.381 e. The van der Waals surface area contributed by atoms with Gasteiger partial charge in [-0.1, -0.05) is 6.07 Å². The van der Waals surface area contributed by atoms with Crippen molar-refractivity contribution in [3.8, 4) is 11.1 Å². The van der Waals surface area contributed by atoms with E-state index < -0.39 is 0 Å². The smallest absolute Gasteiger partial charge is 0.272 e. The SMILES string of the molecule is O=C(NC1CCOCC1)c1n[nH]c2ccc(-c3cncc(CN4CCOCC4)c3)cc12.